The van der Waals surface area contributed by atoms with Crippen LogP contribution in [0.25, 0.3) is 0 Å². The lowest BCUT2D eigenvalue weighted by molar-refractivity contribution is -0.117. The summed E-state index contributed by atoms with van der Waals surface area (Å²) in [5.74, 6) is -0.371. The molecule has 2 rings (SSSR count). The summed E-state index contributed by atoms with van der Waals surface area (Å²) < 4.78 is 5.26. The minimum atomic E-state index is -0.371. The van der Waals surface area contributed by atoms with Crippen molar-refractivity contribution in [3.63, 3.8) is 0 Å². The summed E-state index contributed by atoms with van der Waals surface area (Å²) in [6.45, 7) is 4.86. The molecule has 1 aromatic rings. The van der Waals surface area contributed by atoms with E-state index in [4.69, 9.17) is 4.74 Å². The third-order valence-electron chi connectivity index (χ3n) is 3.35. The van der Waals surface area contributed by atoms with E-state index in [0.29, 0.717) is 25.5 Å². The van der Waals surface area contributed by atoms with E-state index in [1.165, 1.54) is 0 Å². The Kier molecular flexibility index (Phi) is 5.95. The summed E-state index contributed by atoms with van der Waals surface area (Å²) >= 11 is 0. The summed E-state index contributed by atoms with van der Waals surface area (Å²) in [6, 6.07) is 11.6. The van der Waals surface area contributed by atoms with E-state index in [2.05, 4.69) is 10.7 Å². The third-order valence-corrected chi connectivity index (χ3v) is 3.35. The summed E-state index contributed by atoms with van der Waals surface area (Å²) in [5, 5.41) is 14.0. The fraction of sp³-hybridized carbons (Fsp3) is 0.375. The van der Waals surface area contributed by atoms with Gasteiger partial charge < -0.3 is 15.5 Å². The lowest BCUT2D eigenvalue weighted by atomic mass is 10.2. The number of hydrogen-bond acceptors (Lipinski definition) is 5. The molecule has 0 radical (unpaired) electrons. The van der Waals surface area contributed by atoms with Gasteiger partial charge in [0.2, 0.25) is 0 Å². The molecule has 1 saturated heterocycles. The molecular formula is C16H20N4O2. The van der Waals surface area contributed by atoms with Gasteiger partial charge in [0.05, 0.1) is 13.2 Å². The van der Waals surface area contributed by atoms with Gasteiger partial charge in [0.25, 0.3) is 5.91 Å². The molecule has 6 heteroatoms. The van der Waals surface area contributed by atoms with Crippen molar-refractivity contribution < 1.29 is 9.53 Å². The molecule has 22 heavy (non-hydrogen) atoms. The summed E-state index contributed by atoms with van der Waals surface area (Å²) in [6.07, 6.45) is 0. The minimum Gasteiger partial charge on any atom is -0.379 e. The van der Waals surface area contributed by atoms with Crippen LogP contribution in [-0.4, -0.2) is 37.2 Å². The van der Waals surface area contributed by atoms with Crippen LogP contribution in [-0.2, 0) is 16.1 Å². The lowest BCUT2D eigenvalue weighted by Crippen LogP contribution is -2.45. The number of nitriles is 1. The highest BCUT2D eigenvalue weighted by atomic mass is 16.5. The average molecular weight is 300 g/mol. The van der Waals surface area contributed by atoms with E-state index < -0.39 is 0 Å². The molecule has 0 spiro atoms. The van der Waals surface area contributed by atoms with Crippen LogP contribution in [0.3, 0.4) is 0 Å². The number of hydrazine groups is 1. The first-order chi connectivity index (χ1) is 10.7. The summed E-state index contributed by atoms with van der Waals surface area (Å²) in [5.41, 5.74) is 4.74. The Balaban J connectivity index is 1.94. The van der Waals surface area contributed by atoms with Crippen LogP contribution >= 0.6 is 0 Å². The second-order valence-corrected chi connectivity index (χ2v) is 4.99. The van der Waals surface area contributed by atoms with Gasteiger partial charge in [-0.15, -0.1) is 0 Å². The SMILES string of the molecule is C/C(NN1CCOCC1)=C(\C#N)C(=O)NCc1ccccc1. The maximum Gasteiger partial charge on any atom is 0.264 e. The van der Waals surface area contributed by atoms with Gasteiger partial charge in [-0.3, -0.25) is 4.79 Å². The van der Waals surface area contributed by atoms with Crippen LogP contribution in [0.4, 0.5) is 0 Å². The molecule has 6 nitrogen and oxygen atoms in total. The average Bonchev–Trinajstić information content (AvgIpc) is 2.55. The normalized spacial score (nSPS) is 16.4. The number of nitrogens with one attached hydrogen (secondary N) is 2. The van der Waals surface area contributed by atoms with Gasteiger partial charge in [0.1, 0.15) is 11.6 Å². The maximum absolute atomic E-state index is 12.2. The number of allylic oxidation sites excluding steroid dienone is 1. The van der Waals surface area contributed by atoms with E-state index in [-0.39, 0.29) is 11.5 Å². The highest BCUT2D eigenvalue weighted by Crippen LogP contribution is 2.04. The summed E-state index contributed by atoms with van der Waals surface area (Å²) in [7, 11) is 0. The number of benzene rings is 1. The van der Waals surface area contributed by atoms with Gasteiger partial charge in [0, 0.05) is 25.3 Å². The third kappa shape index (κ3) is 4.58. The lowest BCUT2D eigenvalue weighted by Gasteiger charge is -2.28. The van der Waals surface area contributed by atoms with Gasteiger partial charge >= 0.3 is 0 Å². The van der Waals surface area contributed by atoms with Crippen molar-refractivity contribution in [2.75, 3.05) is 26.3 Å². The smallest absolute Gasteiger partial charge is 0.264 e. The first kappa shape index (κ1) is 16.0. The number of rotatable bonds is 5. The van der Waals surface area contributed by atoms with Crippen LogP contribution < -0.4 is 10.7 Å². The van der Waals surface area contributed by atoms with E-state index in [1.807, 2.05) is 41.4 Å². The standard InChI is InChI=1S/C16H20N4O2/c1-13(19-20-7-9-22-10-8-20)15(11-17)16(21)18-12-14-5-3-2-4-6-14/h2-6,19H,7-10,12H2,1H3,(H,18,21)/b15-13-. The van der Waals surface area contributed by atoms with Crippen LogP contribution in [0.1, 0.15) is 12.5 Å². The Morgan fingerprint density at radius 3 is 2.64 bits per heavy atom. The molecule has 1 heterocycles. The molecular weight excluding hydrogens is 280 g/mol. The van der Waals surface area contributed by atoms with Crippen LogP contribution in [0.15, 0.2) is 41.6 Å². The fourth-order valence-electron chi connectivity index (χ4n) is 2.14. The second-order valence-electron chi connectivity index (χ2n) is 4.99. The molecule has 1 fully saturated rings. The number of hydrogen-bond donors (Lipinski definition) is 2. The van der Waals surface area contributed by atoms with Crippen molar-refractivity contribution in [2.45, 2.75) is 13.5 Å². The highest BCUT2D eigenvalue weighted by molar-refractivity contribution is 5.97. The molecule has 1 amide bonds. The van der Waals surface area contributed by atoms with Crippen LogP contribution in [0, 0.1) is 11.3 Å². The van der Waals surface area contributed by atoms with Gasteiger partial charge in [-0.2, -0.15) is 5.26 Å². The molecule has 0 bridgehead atoms. The first-order valence-electron chi connectivity index (χ1n) is 7.23. The molecule has 0 aliphatic carbocycles. The van der Waals surface area contributed by atoms with Crippen molar-refractivity contribution >= 4 is 5.91 Å². The largest absolute Gasteiger partial charge is 0.379 e. The monoisotopic (exact) mass is 300 g/mol. The fourth-order valence-corrected chi connectivity index (χ4v) is 2.14. The molecule has 0 saturated carbocycles. The Labute approximate surface area is 130 Å². The molecule has 116 valence electrons. The molecule has 2 N–H and O–H groups in total. The quantitative estimate of drug-likeness (QED) is 0.625. The zero-order chi connectivity index (χ0) is 15.8. The van der Waals surface area contributed by atoms with Gasteiger partial charge in [-0.05, 0) is 12.5 Å². The van der Waals surface area contributed by atoms with E-state index in [0.717, 1.165) is 18.7 Å². The number of morpholine rings is 1. The number of carbonyl (C=O) groups excluding carboxylic acids is 1. The molecule has 1 aliphatic rings. The van der Waals surface area contributed by atoms with E-state index >= 15 is 0 Å². The number of ether oxygens (including phenoxy) is 1. The Morgan fingerprint density at radius 2 is 2.00 bits per heavy atom. The molecule has 0 atom stereocenters. The van der Waals surface area contributed by atoms with E-state index in [1.54, 1.807) is 6.92 Å². The Bertz CT molecular complexity index is 572. The molecule has 0 unspecified atom stereocenters. The predicted molar refractivity (Wildman–Crippen MR) is 82.1 cm³/mol. The minimum absolute atomic E-state index is 0.0995. The molecule has 0 aromatic heterocycles. The molecule has 1 aromatic carbocycles. The number of carbonyl (C=O) groups is 1. The van der Waals surface area contributed by atoms with Gasteiger partial charge in [-0.1, -0.05) is 30.3 Å². The Morgan fingerprint density at radius 1 is 1.32 bits per heavy atom. The second kappa shape index (κ2) is 8.17. The van der Waals surface area contributed by atoms with Crippen molar-refractivity contribution in [2.24, 2.45) is 0 Å². The maximum atomic E-state index is 12.2. The van der Waals surface area contributed by atoms with Gasteiger partial charge in [0.15, 0.2) is 0 Å². The summed E-state index contributed by atoms with van der Waals surface area (Å²) in [4.78, 5) is 12.2. The van der Waals surface area contributed by atoms with E-state index in [9.17, 15) is 10.1 Å². The number of nitrogens with zero attached hydrogens (tertiary/aromatic N) is 2. The molecule has 1 aliphatic heterocycles. The van der Waals surface area contributed by atoms with Crippen LogP contribution in [0.5, 0.6) is 0 Å². The zero-order valence-corrected chi connectivity index (χ0v) is 12.6. The van der Waals surface area contributed by atoms with Gasteiger partial charge in [-0.25, -0.2) is 5.01 Å². The van der Waals surface area contributed by atoms with Crippen molar-refractivity contribution in [3.8, 4) is 6.07 Å². The topological polar surface area (TPSA) is 77.4 Å². The van der Waals surface area contributed by atoms with Crippen LogP contribution in [0.2, 0.25) is 0 Å². The van der Waals surface area contributed by atoms with Crippen molar-refractivity contribution in [1.29, 1.82) is 5.26 Å². The zero-order valence-electron chi connectivity index (χ0n) is 12.6. The number of amides is 1. The Hall–Kier alpha value is -2.36. The highest BCUT2D eigenvalue weighted by Gasteiger charge is 2.16. The first-order valence-corrected chi connectivity index (χ1v) is 7.23. The van der Waals surface area contributed by atoms with Crippen molar-refractivity contribution in [1.82, 2.24) is 15.8 Å². The predicted octanol–water partition coefficient (Wildman–Crippen LogP) is 0.937. The van der Waals surface area contributed by atoms with Crippen molar-refractivity contribution in [3.05, 3.63) is 47.2 Å².